The van der Waals surface area contributed by atoms with Crippen molar-refractivity contribution in [3.05, 3.63) is 29.8 Å². The third kappa shape index (κ3) is 2.87. The molecule has 2 rings (SSSR count). The van der Waals surface area contributed by atoms with Gasteiger partial charge in [0, 0.05) is 5.69 Å². The standard InChI is InChI=1S/C12H12N2O4S/c1-7-4-2-3-5-8(7)13-10-11(17)14(6-9(15)16)12(18)19-10/h2-5,10,13H,6H2,1H3,(H,15,16)/t10-/m1/s1. The lowest BCUT2D eigenvalue weighted by Crippen LogP contribution is -2.37. The van der Waals surface area contributed by atoms with Crippen LogP contribution >= 0.6 is 11.8 Å². The van der Waals surface area contributed by atoms with Crippen molar-refractivity contribution >= 4 is 34.6 Å². The Kier molecular flexibility index (Phi) is 3.75. The van der Waals surface area contributed by atoms with Crippen LogP contribution in [0.3, 0.4) is 0 Å². The molecule has 0 aromatic heterocycles. The number of aryl methyl sites for hydroxylation is 1. The van der Waals surface area contributed by atoms with Gasteiger partial charge in [0.2, 0.25) is 0 Å². The smallest absolute Gasteiger partial charge is 0.323 e. The number of carboxylic acid groups (broad SMARTS) is 1. The molecule has 0 saturated carbocycles. The van der Waals surface area contributed by atoms with E-state index in [0.29, 0.717) is 0 Å². The molecule has 1 fully saturated rings. The number of nitrogens with one attached hydrogen (secondary N) is 1. The summed E-state index contributed by atoms with van der Waals surface area (Å²) in [5.41, 5.74) is 1.69. The maximum Gasteiger partial charge on any atom is 0.323 e. The van der Waals surface area contributed by atoms with Crippen molar-refractivity contribution in [3.63, 3.8) is 0 Å². The van der Waals surface area contributed by atoms with Gasteiger partial charge < -0.3 is 10.4 Å². The molecule has 0 unspecified atom stereocenters. The number of imide groups is 1. The highest BCUT2D eigenvalue weighted by atomic mass is 32.2. The zero-order chi connectivity index (χ0) is 14.0. The van der Waals surface area contributed by atoms with E-state index in [0.717, 1.165) is 27.9 Å². The van der Waals surface area contributed by atoms with Crippen LogP contribution in [0.2, 0.25) is 0 Å². The highest BCUT2D eigenvalue weighted by Gasteiger charge is 2.40. The number of para-hydroxylation sites is 1. The first-order valence-corrected chi connectivity index (χ1v) is 6.43. The van der Waals surface area contributed by atoms with Gasteiger partial charge in [0.15, 0.2) is 5.37 Å². The molecule has 0 bridgehead atoms. The van der Waals surface area contributed by atoms with Gasteiger partial charge in [-0.2, -0.15) is 0 Å². The second-order valence-corrected chi connectivity index (χ2v) is 5.10. The third-order valence-electron chi connectivity index (χ3n) is 2.65. The number of carbonyl (C=O) groups is 3. The van der Waals surface area contributed by atoms with Gasteiger partial charge >= 0.3 is 5.97 Å². The molecule has 1 aromatic carbocycles. The summed E-state index contributed by atoms with van der Waals surface area (Å²) in [7, 11) is 0. The summed E-state index contributed by atoms with van der Waals surface area (Å²) in [5, 5.41) is 10.3. The van der Waals surface area contributed by atoms with Gasteiger partial charge in [-0.05, 0) is 30.3 Å². The molecule has 0 spiro atoms. The summed E-state index contributed by atoms with van der Waals surface area (Å²) in [6, 6.07) is 7.36. The average Bonchev–Trinajstić information content (AvgIpc) is 2.60. The van der Waals surface area contributed by atoms with Crippen molar-refractivity contribution in [3.8, 4) is 0 Å². The average molecular weight is 280 g/mol. The van der Waals surface area contributed by atoms with E-state index in [9.17, 15) is 14.4 Å². The maximum absolute atomic E-state index is 11.9. The van der Waals surface area contributed by atoms with E-state index in [1.807, 2.05) is 25.1 Å². The van der Waals surface area contributed by atoms with Crippen molar-refractivity contribution in [1.82, 2.24) is 4.90 Å². The van der Waals surface area contributed by atoms with E-state index in [4.69, 9.17) is 5.11 Å². The minimum Gasteiger partial charge on any atom is -0.480 e. The zero-order valence-electron chi connectivity index (χ0n) is 10.1. The first kappa shape index (κ1) is 13.4. The largest absolute Gasteiger partial charge is 0.480 e. The normalized spacial score (nSPS) is 18.8. The Morgan fingerprint density at radius 3 is 2.74 bits per heavy atom. The van der Waals surface area contributed by atoms with Gasteiger partial charge in [-0.15, -0.1) is 0 Å². The summed E-state index contributed by atoms with van der Waals surface area (Å²) >= 11 is 0.790. The zero-order valence-corrected chi connectivity index (χ0v) is 10.9. The fourth-order valence-electron chi connectivity index (χ4n) is 1.69. The lowest BCUT2D eigenvalue weighted by atomic mass is 10.2. The molecule has 1 aliphatic heterocycles. The Morgan fingerprint density at radius 2 is 2.11 bits per heavy atom. The fraction of sp³-hybridized carbons (Fsp3) is 0.250. The van der Waals surface area contributed by atoms with Crippen LogP contribution < -0.4 is 5.32 Å². The van der Waals surface area contributed by atoms with Crippen LogP contribution in [0.1, 0.15) is 5.56 Å². The first-order valence-electron chi connectivity index (χ1n) is 5.55. The monoisotopic (exact) mass is 280 g/mol. The number of hydrogen-bond donors (Lipinski definition) is 2. The van der Waals surface area contributed by atoms with Gasteiger partial charge in [-0.1, -0.05) is 18.2 Å². The second kappa shape index (κ2) is 5.31. The van der Waals surface area contributed by atoms with Gasteiger partial charge in [-0.3, -0.25) is 19.3 Å². The Morgan fingerprint density at radius 1 is 1.42 bits per heavy atom. The Labute approximate surface area is 113 Å². The van der Waals surface area contributed by atoms with Gasteiger partial charge in [0.25, 0.3) is 11.1 Å². The number of carboxylic acids is 1. The number of anilines is 1. The van der Waals surface area contributed by atoms with E-state index in [-0.39, 0.29) is 0 Å². The van der Waals surface area contributed by atoms with Crippen molar-refractivity contribution in [1.29, 1.82) is 0 Å². The lowest BCUT2D eigenvalue weighted by Gasteiger charge is -2.14. The molecule has 19 heavy (non-hydrogen) atoms. The number of amides is 2. The minimum atomic E-state index is -1.21. The molecular weight excluding hydrogens is 268 g/mol. The topological polar surface area (TPSA) is 86.7 Å². The minimum absolute atomic E-state index is 0.527. The van der Waals surface area contributed by atoms with Crippen molar-refractivity contribution in [2.75, 3.05) is 11.9 Å². The van der Waals surface area contributed by atoms with Crippen LogP contribution in [-0.2, 0) is 9.59 Å². The molecule has 2 amide bonds. The van der Waals surface area contributed by atoms with Crippen LogP contribution in [0, 0.1) is 6.92 Å². The Hall–Kier alpha value is -2.02. The molecule has 1 saturated heterocycles. The predicted octanol–water partition coefficient (Wildman–Crippen LogP) is 1.51. The Balaban J connectivity index is 2.11. The van der Waals surface area contributed by atoms with Crippen molar-refractivity contribution in [2.45, 2.75) is 12.3 Å². The quantitative estimate of drug-likeness (QED) is 0.869. The molecule has 100 valence electrons. The highest BCUT2D eigenvalue weighted by Crippen LogP contribution is 2.28. The molecule has 1 aliphatic rings. The third-order valence-corrected chi connectivity index (χ3v) is 3.63. The Bertz CT molecular complexity index is 546. The molecule has 0 aliphatic carbocycles. The van der Waals surface area contributed by atoms with Gasteiger partial charge in [0.1, 0.15) is 6.54 Å². The molecule has 7 heteroatoms. The molecule has 2 N–H and O–H groups in total. The van der Waals surface area contributed by atoms with Crippen LogP contribution in [0.5, 0.6) is 0 Å². The molecule has 6 nitrogen and oxygen atoms in total. The summed E-state index contributed by atoms with van der Waals surface area (Å²) < 4.78 is 0. The highest BCUT2D eigenvalue weighted by molar-refractivity contribution is 8.15. The predicted molar refractivity (Wildman–Crippen MR) is 70.9 cm³/mol. The first-order chi connectivity index (χ1) is 8.99. The second-order valence-electron chi connectivity index (χ2n) is 4.04. The van der Waals surface area contributed by atoms with E-state index in [2.05, 4.69) is 5.32 Å². The number of thioether (sulfide) groups is 1. The number of benzene rings is 1. The summed E-state index contributed by atoms with van der Waals surface area (Å²) in [5.74, 6) is -1.74. The van der Waals surface area contributed by atoms with Gasteiger partial charge in [0.05, 0.1) is 0 Å². The van der Waals surface area contributed by atoms with E-state index in [1.54, 1.807) is 6.07 Å². The van der Waals surface area contributed by atoms with E-state index >= 15 is 0 Å². The van der Waals surface area contributed by atoms with Crippen molar-refractivity contribution < 1.29 is 19.5 Å². The van der Waals surface area contributed by atoms with Crippen molar-refractivity contribution in [2.24, 2.45) is 0 Å². The molecule has 1 aromatic rings. The van der Waals surface area contributed by atoms with Crippen LogP contribution in [0.25, 0.3) is 0 Å². The van der Waals surface area contributed by atoms with Crippen LogP contribution in [-0.4, -0.2) is 39.0 Å². The SMILES string of the molecule is Cc1ccccc1N[C@@H]1SC(=O)N(CC(=O)O)C1=O. The number of nitrogens with zero attached hydrogens (tertiary/aromatic N) is 1. The molecule has 1 heterocycles. The van der Waals surface area contributed by atoms with E-state index < -0.39 is 29.0 Å². The van der Waals surface area contributed by atoms with Crippen LogP contribution in [0.4, 0.5) is 10.5 Å². The van der Waals surface area contributed by atoms with E-state index in [1.165, 1.54) is 0 Å². The number of hydrogen-bond acceptors (Lipinski definition) is 5. The fourth-order valence-corrected chi connectivity index (χ4v) is 2.59. The molecule has 1 atom stereocenters. The number of aliphatic carboxylic acids is 1. The summed E-state index contributed by atoms with van der Waals surface area (Å²) in [4.78, 5) is 34.8. The summed E-state index contributed by atoms with van der Waals surface area (Å²) in [6.07, 6.45) is 0. The number of carbonyl (C=O) groups excluding carboxylic acids is 2. The maximum atomic E-state index is 11.9. The molecule has 0 radical (unpaired) electrons. The molecular formula is C12H12N2O4S. The lowest BCUT2D eigenvalue weighted by molar-refractivity contribution is -0.141. The van der Waals surface area contributed by atoms with Crippen LogP contribution in [0.15, 0.2) is 24.3 Å². The van der Waals surface area contributed by atoms with Gasteiger partial charge in [-0.25, -0.2) is 0 Å². The number of rotatable bonds is 4. The summed E-state index contributed by atoms with van der Waals surface area (Å²) in [6.45, 7) is 1.28.